The standard InChI is InChI=1S/C24H38OSi/c1-5-8-18-26(19-9-6-2,20-10-7-3)25-21(4)23-17-13-15-22-14-11-12-16-24(22)23/h11-17,21H,5-10,18-20H2,1-4H3/t21-/m0/s1. The van der Waals surface area contributed by atoms with Crippen molar-refractivity contribution in [3.05, 3.63) is 48.0 Å². The first-order chi connectivity index (χ1) is 12.7. The predicted molar refractivity (Wildman–Crippen MR) is 118 cm³/mol. The molecule has 0 amide bonds. The zero-order chi connectivity index (χ0) is 18.8. The van der Waals surface area contributed by atoms with E-state index in [-0.39, 0.29) is 6.10 Å². The van der Waals surface area contributed by atoms with Gasteiger partial charge in [-0.05, 0) is 41.4 Å². The summed E-state index contributed by atoms with van der Waals surface area (Å²) < 4.78 is 7.08. The number of fused-ring (bicyclic) bond motifs is 1. The molecular weight excluding hydrogens is 332 g/mol. The molecular formula is C24H38OSi. The summed E-state index contributed by atoms with van der Waals surface area (Å²) in [5.41, 5.74) is 1.37. The molecule has 2 heteroatoms. The topological polar surface area (TPSA) is 9.23 Å². The largest absolute Gasteiger partial charge is 0.410 e. The van der Waals surface area contributed by atoms with Crippen molar-refractivity contribution < 1.29 is 4.43 Å². The minimum atomic E-state index is -1.69. The minimum Gasteiger partial charge on any atom is -0.410 e. The van der Waals surface area contributed by atoms with Gasteiger partial charge in [0, 0.05) is 0 Å². The number of hydrogen-bond acceptors (Lipinski definition) is 1. The minimum absolute atomic E-state index is 0.193. The molecule has 144 valence electrons. The Bertz CT molecular complexity index is 624. The van der Waals surface area contributed by atoms with E-state index in [9.17, 15) is 0 Å². The van der Waals surface area contributed by atoms with Crippen molar-refractivity contribution in [1.82, 2.24) is 0 Å². The lowest BCUT2D eigenvalue weighted by Gasteiger charge is -2.35. The summed E-state index contributed by atoms with van der Waals surface area (Å²) >= 11 is 0. The van der Waals surface area contributed by atoms with Gasteiger partial charge in [-0.2, -0.15) is 0 Å². The molecule has 0 saturated heterocycles. The van der Waals surface area contributed by atoms with Gasteiger partial charge in [0.15, 0.2) is 8.32 Å². The number of rotatable bonds is 12. The van der Waals surface area contributed by atoms with Crippen molar-refractivity contribution in [3.63, 3.8) is 0 Å². The van der Waals surface area contributed by atoms with E-state index in [1.165, 1.54) is 73.0 Å². The predicted octanol–water partition coefficient (Wildman–Crippen LogP) is 8.26. The molecule has 0 fully saturated rings. The van der Waals surface area contributed by atoms with Crippen LogP contribution in [0.25, 0.3) is 10.8 Å². The highest BCUT2D eigenvalue weighted by Gasteiger charge is 2.35. The van der Waals surface area contributed by atoms with Crippen molar-refractivity contribution in [1.29, 1.82) is 0 Å². The average Bonchev–Trinajstić information content (AvgIpc) is 2.68. The van der Waals surface area contributed by atoms with E-state index in [2.05, 4.69) is 70.2 Å². The fourth-order valence-electron chi connectivity index (χ4n) is 4.09. The average molecular weight is 371 g/mol. The molecule has 0 aliphatic rings. The van der Waals surface area contributed by atoms with Crippen molar-refractivity contribution in [2.45, 2.75) is 90.5 Å². The molecule has 0 radical (unpaired) electrons. The van der Waals surface area contributed by atoms with Crippen LogP contribution >= 0.6 is 0 Å². The van der Waals surface area contributed by atoms with Gasteiger partial charge in [-0.15, -0.1) is 0 Å². The fourth-order valence-corrected chi connectivity index (χ4v) is 9.07. The summed E-state index contributed by atoms with van der Waals surface area (Å²) in [4.78, 5) is 0. The van der Waals surface area contributed by atoms with Gasteiger partial charge in [0.2, 0.25) is 0 Å². The first-order valence-electron chi connectivity index (χ1n) is 10.8. The SMILES string of the molecule is CCCC[Si](CCCC)(CCCC)O[C@@H](C)c1cccc2ccccc12. The van der Waals surface area contributed by atoms with Crippen LogP contribution < -0.4 is 0 Å². The molecule has 0 N–H and O–H groups in total. The summed E-state index contributed by atoms with van der Waals surface area (Å²) in [7, 11) is -1.69. The van der Waals surface area contributed by atoms with Crippen molar-refractivity contribution in [2.75, 3.05) is 0 Å². The van der Waals surface area contributed by atoms with Gasteiger partial charge in [-0.3, -0.25) is 0 Å². The van der Waals surface area contributed by atoms with Crippen LogP contribution in [0.4, 0.5) is 0 Å². The highest BCUT2D eigenvalue weighted by molar-refractivity contribution is 6.73. The highest BCUT2D eigenvalue weighted by atomic mass is 28.4. The second-order valence-corrected chi connectivity index (χ2v) is 11.9. The Kier molecular flexibility index (Phi) is 8.87. The van der Waals surface area contributed by atoms with Crippen LogP contribution in [-0.2, 0) is 4.43 Å². The Labute approximate surface area is 162 Å². The Balaban J connectivity index is 2.28. The van der Waals surface area contributed by atoms with Gasteiger partial charge in [-0.25, -0.2) is 0 Å². The van der Waals surface area contributed by atoms with Gasteiger partial charge in [0.1, 0.15) is 0 Å². The Morgan fingerprint density at radius 1 is 0.769 bits per heavy atom. The molecule has 2 aromatic rings. The van der Waals surface area contributed by atoms with E-state index in [4.69, 9.17) is 4.43 Å². The van der Waals surface area contributed by atoms with Gasteiger partial charge < -0.3 is 4.43 Å². The van der Waals surface area contributed by atoms with Crippen LogP contribution in [0.5, 0.6) is 0 Å². The molecule has 0 heterocycles. The maximum absolute atomic E-state index is 7.08. The van der Waals surface area contributed by atoms with Crippen LogP contribution in [0, 0.1) is 0 Å². The first-order valence-corrected chi connectivity index (χ1v) is 13.3. The van der Waals surface area contributed by atoms with E-state index in [1.54, 1.807) is 0 Å². The maximum atomic E-state index is 7.08. The van der Waals surface area contributed by atoms with Crippen molar-refractivity contribution in [2.24, 2.45) is 0 Å². The summed E-state index contributed by atoms with van der Waals surface area (Å²) in [6, 6.07) is 19.4. The summed E-state index contributed by atoms with van der Waals surface area (Å²) in [6.07, 6.45) is 7.99. The molecule has 0 aliphatic heterocycles. The monoisotopic (exact) mass is 370 g/mol. The Morgan fingerprint density at radius 3 is 1.88 bits per heavy atom. The third kappa shape index (κ3) is 5.69. The Hall–Kier alpha value is -1.12. The van der Waals surface area contributed by atoms with Gasteiger partial charge >= 0.3 is 0 Å². The molecule has 0 aliphatic carbocycles. The highest BCUT2D eigenvalue weighted by Crippen LogP contribution is 2.36. The second-order valence-electron chi connectivity index (χ2n) is 7.82. The molecule has 0 saturated carbocycles. The second kappa shape index (κ2) is 10.9. The molecule has 0 bridgehead atoms. The third-order valence-corrected chi connectivity index (χ3v) is 10.3. The molecule has 0 spiro atoms. The lowest BCUT2D eigenvalue weighted by molar-refractivity contribution is 0.208. The molecule has 1 atom stereocenters. The number of unbranched alkanes of at least 4 members (excludes halogenated alkanes) is 3. The molecule has 0 unspecified atom stereocenters. The zero-order valence-corrected chi connectivity index (χ0v) is 18.4. The fraction of sp³-hybridized carbons (Fsp3) is 0.583. The molecule has 1 nitrogen and oxygen atoms in total. The number of benzene rings is 2. The quantitative estimate of drug-likeness (QED) is 0.342. The van der Waals surface area contributed by atoms with Gasteiger partial charge in [-0.1, -0.05) is 102 Å². The lowest BCUT2D eigenvalue weighted by Crippen LogP contribution is -2.39. The summed E-state index contributed by atoms with van der Waals surface area (Å²) in [5, 5.41) is 2.68. The normalized spacial score (nSPS) is 13.2. The van der Waals surface area contributed by atoms with Crippen LogP contribution in [0.1, 0.15) is 77.9 Å². The summed E-state index contributed by atoms with van der Waals surface area (Å²) in [5.74, 6) is 0. The van der Waals surface area contributed by atoms with Crippen molar-refractivity contribution >= 4 is 19.1 Å². The van der Waals surface area contributed by atoms with Crippen LogP contribution in [0.15, 0.2) is 42.5 Å². The van der Waals surface area contributed by atoms with E-state index < -0.39 is 8.32 Å². The van der Waals surface area contributed by atoms with Crippen LogP contribution in [0.3, 0.4) is 0 Å². The maximum Gasteiger partial charge on any atom is 0.193 e. The Morgan fingerprint density at radius 2 is 1.31 bits per heavy atom. The molecule has 0 aromatic heterocycles. The number of hydrogen-bond donors (Lipinski definition) is 0. The summed E-state index contributed by atoms with van der Waals surface area (Å²) in [6.45, 7) is 9.22. The zero-order valence-electron chi connectivity index (χ0n) is 17.4. The molecule has 26 heavy (non-hydrogen) atoms. The van der Waals surface area contributed by atoms with Gasteiger partial charge in [0.05, 0.1) is 6.10 Å². The van der Waals surface area contributed by atoms with E-state index in [1.807, 2.05) is 0 Å². The lowest BCUT2D eigenvalue weighted by atomic mass is 10.0. The van der Waals surface area contributed by atoms with Crippen LogP contribution in [-0.4, -0.2) is 8.32 Å². The van der Waals surface area contributed by atoms with Crippen molar-refractivity contribution in [3.8, 4) is 0 Å². The molecule has 2 rings (SSSR count). The third-order valence-electron chi connectivity index (χ3n) is 5.65. The van der Waals surface area contributed by atoms with Gasteiger partial charge in [0.25, 0.3) is 0 Å². The smallest absolute Gasteiger partial charge is 0.193 e. The molecule has 2 aromatic carbocycles. The first kappa shape index (κ1) is 21.2. The van der Waals surface area contributed by atoms with E-state index in [0.29, 0.717) is 0 Å². The van der Waals surface area contributed by atoms with Crippen LogP contribution in [0.2, 0.25) is 18.1 Å². The van der Waals surface area contributed by atoms with E-state index >= 15 is 0 Å². The van der Waals surface area contributed by atoms with E-state index in [0.717, 1.165) is 0 Å².